The first-order chi connectivity index (χ1) is 7.36. The number of hydrogen-bond donors (Lipinski definition) is 0. The van der Waals surface area contributed by atoms with Crippen molar-refractivity contribution in [1.82, 2.24) is 0 Å². The van der Waals surface area contributed by atoms with Gasteiger partial charge in [0.15, 0.2) is 0 Å². The van der Waals surface area contributed by atoms with Crippen LogP contribution >= 0.6 is 11.6 Å². The fourth-order valence-electron chi connectivity index (χ4n) is 3.02. The number of hydrogen-bond acceptors (Lipinski definition) is 0. The molecule has 15 heavy (non-hydrogen) atoms. The Labute approximate surface area is 96.0 Å². The summed E-state index contributed by atoms with van der Waals surface area (Å²) in [5, 5.41) is 0. The van der Waals surface area contributed by atoms with Gasteiger partial charge < -0.3 is 0 Å². The number of halogens is 1. The molecule has 3 rings (SSSR count). The Morgan fingerprint density at radius 3 is 2.40 bits per heavy atom. The van der Waals surface area contributed by atoms with Crippen molar-refractivity contribution in [2.75, 3.05) is 0 Å². The first-order valence-corrected chi connectivity index (χ1v) is 6.23. The molecule has 0 spiro atoms. The van der Waals surface area contributed by atoms with Crippen molar-refractivity contribution >= 4 is 11.6 Å². The van der Waals surface area contributed by atoms with Gasteiger partial charge in [-0.15, -0.1) is 11.6 Å². The number of alkyl halides is 1. The largest absolute Gasteiger partial charge is 0.122 e. The highest BCUT2D eigenvalue weighted by molar-refractivity contribution is 6.17. The van der Waals surface area contributed by atoms with Gasteiger partial charge in [0.2, 0.25) is 0 Å². The Morgan fingerprint density at radius 2 is 1.87 bits per heavy atom. The van der Waals surface area contributed by atoms with E-state index < -0.39 is 0 Å². The van der Waals surface area contributed by atoms with E-state index in [1.165, 1.54) is 24.0 Å². The van der Waals surface area contributed by atoms with Gasteiger partial charge >= 0.3 is 0 Å². The number of allylic oxidation sites excluding steroid dienone is 2. The van der Waals surface area contributed by atoms with Crippen molar-refractivity contribution in [3.8, 4) is 0 Å². The monoisotopic (exact) mass is 218 g/mol. The highest BCUT2D eigenvalue weighted by Gasteiger charge is 2.36. The van der Waals surface area contributed by atoms with Gasteiger partial charge in [-0.25, -0.2) is 0 Å². The molecule has 2 bridgehead atoms. The second-order valence-electron chi connectivity index (χ2n) is 4.76. The standard InChI is InChI=1S/C14H15Cl/c15-9-10-1-4-12(5-2-10)14-8-11-3-6-13(14)7-11/h1-6,11,13-14H,7-9H2. The summed E-state index contributed by atoms with van der Waals surface area (Å²) in [7, 11) is 0. The summed E-state index contributed by atoms with van der Waals surface area (Å²) in [5.74, 6) is 3.05. The summed E-state index contributed by atoms with van der Waals surface area (Å²) in [5.41, 5.74) is 2.72. The number of fused-ring (bicyclic) bond motifs is 2. The average Bonchev–Trinajstić information content (AvgIpc) is 2.91. The zero-order valence-corrected chi connectivity index (χ0v) is 9.45. The van der Waals surface area contributed by atoms with Crippen molar-refractivity contribution in [2.24, 2.45) is 11.8 Å². The van der Waals surface area contributed by atoms with Gasteiger partial charge in [-0.05, 0) is 41.7 Å². The van der Waals surface area contributed by atoms with Crippen LogP contribution < -0.4 is 0 Å². The Bertz CT molecular complexity index is 377. The van der Waals surface area contributed by atoms with Crippen molar-refractivity contribution < 1.29 is 0 Å². The highest BCUT2D eigenvalue weighted by Crippen LogP contribution is 2.48. The lowest BCUT2D eigenvalue weighted by Crippen LogP contribution is -2.04. The van der Waals surface area contributed by atoms with Crippen LogP contribution in [0.2, 0.25) is 0 Å². The zero-order valence-electron chi connectivity index (χ0n) is 8.70. The van der Waals surface area contributed by atoms with Crippen LogP contribution in [0.4, 0.5) is 0 Å². The van der Waals surface area contributed by atoms with E-state index in [4.69, 9.17) is 11.6 Å². The van der Waals surface area contributed by atoms with Gasteiger partial charge in [-0.3, -0.25) is 0 Å². The molecule has 3 atom stereocenters. The molecule has 0 aromatic heterocycles. The third kappa shape index (κ3) is 1.61. The molecule has 1 aromatic rings. The topological polar surface area (TPSA) is 0 Å². The fraction of sp³-hybridized carbons (Fsp3) is 0.429. The molecule has 0 N–H and O–H groups in total. The van der Waals surface area contributed by atoms with Crippen LogP contribution in [-0.2, 0) is 5.88 Å². The number of rotatable bonds is 2. The molecule has 0 heterocycles. The smallest absolute Gasteiger partial charge is 0.0474 e. The Balaban J connectivity index is 1.84. The van der Waals surface area contributed by atoms with Crippen molar-refractivity contribution in [2.45, 2.75) is 24.6 Å². The molecule has 0 nitrogen and oxygen atoms in total. The van der Waals surface area contributed by atoms with E-state index in [1.807, 2.05) is 0 Å². The molecule has 1 aromatic carbocycles. The van der Waals surface area contributed by atoms with E-state index in [-0.39, 0.29) is 0 Å². The minimum atomic E-state index is 0.622. The molecule has 1 heteroatoms. The molecule has 1 saturated carbocycles. The van der Waals surface area contributed by atoms with Gasteiger partial charge in [-0.1, -0.05) is 36.4 Å². The third-order valence-electron chi connectivity index (χ3n) is 3.84. The normalized spacial score (nSPS) is 32.5. The van der Waals surface area contributed by atoms with E-state index in [2.05, 4.69) is 36.4 Å². The summed E-state index contributed by atoms with van der Waals surface area (Å²) in [6.07, 6.45) is 7.53. The fourth-order valence-corrected chi connectivity index (χ4v) is 3.20. The van der Waals surface area contributed by atoms with Crippen molar-refractivity contribution in [1.29, 1.82) is 0 Å². The quantitative estimate of drug-likeness (QED) is 0.518. The second kappa shape index (κ2) is 3.68. The number of benzene rings is 1. The lowest BCUT2D eigenvalue weighted by atomic mass is 9.87. The van der Waals surface area contributed by atoms with E-state index in [0.717, 1.165) is 17.8 Å². The predicted octanol–water partition coefficient (Wildman–Crippen LogP) is 4.11. The van der Waals surface area contributed by atoms with Crippen LogP contribution in [0, 0.1) is 11.8 Å². The van der Waals surface area contributed by atoms with Crippen LogP contribution in [0.3, 0.4) is 0 Å². The SMILES string of the molecule is ClCc1ccc(C2CC3C=CC2C3)cc1. The van der Waals surface area contributed by atoms with E-state index >= 15 is 0 Å². The minimum absolute atomic E-state index is 0.622. The maximum Gasteiger partial charge on any atom is 0.0474 e. The highest BCUT2D eigenvalue weighted by atomic mass is 35.5. The molecule has 0 amide bonds. The van der Waals surface area contributed by atoms with Crippen LogP contribution in [0.1, 0.15) is 29.9 Å². The average molecular weight is 219 g/mol. The van der Waals surface area contributed by atoms with Gasteiger partial charge in [0.25, 0.3) is 0 Å². The summed E-state index contributed by atoms with van der Waals surface area (Å²) >= 11 is 5.79. The molecule has 2 aliphatic carbocycles. The molecule has 78 valence electrons. The Kier molecular flexibility index (Phi) is 2.32. The van der Waals surface area contributed by atoms with Crippen LogP contribution in [-0.4, -0.2) is 0 Å². The van der Waals surface area contributed by atoms with Gasteiger partial charge in [0.05, 0.1) is 0 Å². The Hall–Kier alpha value is -0.750. The first kappa shape index (κ1) is 9.47. The van der Waals surface area contributed by atoms with E-state index in [1.54, 1.807) is 0 Å². The summed E-state index contributed by atoms with van der Waals surface area (Å²) < 4.78 is 0. The molecule has 3 unspecified atom stereocenters. The molecule has 2 aliphatic rings. The first-order valence-electron chi connectivity index (χ1n) is 5.70. The predicted molar refractivity (Wildman–Crippen MR) is 64.1 cm³/mol. The molecular formula is C14H15Cl. The maximum atomic E-state index is 5.79. The molecule has 0 radical (unpaired) electrons. The summed E-state index contributed by atoms with van der Waals surface area (Å²) in [6.45, 7) is 0. The molecule has 0 saturated heterocycles. The van der Waals surface area contributed by atoms with Crippen molar-refractivity contribution in [3.05, 3.63) is 47.5 Å². The molecular weight excluding hydrogens is 204 g/mol. The summed E-state index contributed by atoms with van der Waals surface area (Å²) in [4.78, 5) is 0. The van der Waals surface area contributed by atoms with Crippen LogP contribution in [0.25, 0.3) is 0 Å². The van der Waals surface area contributed by atoms with Gasteiger partial charge in [0, 0.05) is 5.88 Å². The summed E-state index contributed by atoms with van der Waals surface area (Å²) in [6, 6.07) is 8.85. The van der Waals surface area contributed by atoms with Crippen LogP contribution in [0.5, 0.6) is 0 Å². The Morgan fingerprint density at radius 1 is 1.07 bits per heavy atom. The van der Waals surface area contributed by atoms with Gasteiger partial charge in [0.1, 0.15) is 0 Å². The van der Waals surface area contributed by atoms with Gasteiger partial charge in [-0.2, -0.15) is 0 Å². The molecule has 0 aliphatic heterocycles. The molecule has 1 fully saturated rings. The lowest BCUT2D eigenvalue weighted by Gasteiger charge is -2.18. The van der Waals surface area contributed by atoms with Crippen molar-refractivity contribution in [3.63, 3.8) is 0 Å². The zero-order chi connectivity index (χ0) is 10.3. The van der Waals surface area contributed by atoms with E-state index in [0.29, 0.717) is 5.88 Å². The third-order valence-corrected chi connectivity index (χ3v) is 4.15. The maximum absolute atomic E-state index is 5.79. The lowest BCUT2D eigenvalue weighted by molar-refractivity contribution is 0.585. The van der Waals surface area contributed by atoms with Crippen LogP contribution in [0.15, 0.2) is 36.4 Å². The minimum Gasteiger partial charge on any atom is -0.122 e. The second-order valence-corrected chi connectivity index (χ2v) is 5.03. The van der Waals surface area contributed by atoms with E-state index in [9.17, 15) is 0 Å².